The first kappa shape index (κ1) is 11.8. The summed E-state index contributed by atoms with van der Waals surface area (Å²) in [5.41, 5.74) is 2.47. The highest BCUT2D eigenvalue weighted by Gasteiger charge is 2.13. The SMILES string of the molecule is Cc1cc(Cl)ccc1NCC1CCCCC1. The van der Waals surface area contributed by atoms with Crippen molar-refractivity contribution in [1.82, 2.24) is 0 Å². The van der Waals surface area contributed by atoms with Crippen molar-refractivity contribution < 1.29 is 0 Å². The Hall–Kier alpha value is -0.690. The second-order valence-electron chi connectivity index (χ2n) is 4.84. The van der Waals surface area contributed by atoms with Crippen molar-refractivity contribution in [2.45, 2.75) is 39.0 Å². The van der Waals surface area contributed by atoms with E-state index < -0.39 is 0 Å². The van der Waals surface area contributed by atoms with Gasteiger partial charge in [0, 0.05) is 17.3 Å². The Kier molecular flexibility index (Phi) is 4.11. The molecule has 1 aliphatic rings. The number of anilines is 1. The number of rotatable bonds is 3. The molecule has 2 heteroatoms. The summed E-state index contributed by atoms with van der Waals surface area (Å²) in [6.45, 7) is 3.22. The van der Waals surface area contributed by atoms with Gasteiger partial charge in [0.1, 0.15) is 0 Å². The van der Waals surface area contributed by atoms with Crippen LogP contribution in [0.4, 0.5) is 5.69 Å². The van der Waals surface area contributed by atoms with Crippen molar-refractivity contribution in [2.24, 2.45) is 5.92 Å². The summed E-state index contributed by atoms with van der Waals surface area (Å²) in [4.78, 5) is 0. The lowest BCUT2D eigenvalue weighted by Crippen LogP contribution is -2.17. The van der Waals surface area contributed by atoms with E-state index >= 15 is 0 Å². The van der Waals surface area contributed by atoms with Gasteiger partial charge in [-0.3, -0.25) is 0 Å². The molecule has 0 spiro atoms. The quantitative estimate of drug-likeness (QED) is 0.808. The molecule has 1 fully saturated rings. The molecule has 1 saturated carbocycles. The smallest absolute Gasteiger partial charge is 0.0410 e. The molecule has 0 aromatic heterocycles. The van der Waals surface area contributed by atoms with Crippen LogP contribution in [0.3, 0.4) is 0 Å². The third-order valence-corrected chi connectivity index (χ3v) is 3.73. The van der Waals surface area contributed by atoms with Gasteiger partial charge >= 0.3 is 0 Å². The molecule has 1 N–H and O–H groups in total. The fourth-order valence-electron chi connectivity index (χ4n) is 2.47. The summed E-state index contributed by atoms with van der Waals surface area (Å²) in [7, 11) is 0. The second kappa shape index (κ2) is 5.58. The molecule has 0 unspecified atom stereocenters. The predicted molar refractivity (Wildman–Crippen MR) is 71.3 cm³/mol. The Bertz CT molecular complexity index is 343. The average Bonchev–Trinajstić information content (AvgIpc) is 2.29. The predicted octanol–water partition coefficient (Wildman–Crippen LogP) is 4.64. The molecule has 1 aromatic rings. The van der Waals surface area contributed by atoms with Gasteiger partial charge in [0.2, 0.25) is 0 Å². The Morgan fingerprint density at radius 2 is 2.00 bits per heavy atom. The number of nitrogens with one attached hydrogen (secondary N) is 1. The maximum Gasteiger partial charge on any atom is 0.0410 e. The van der Waals surface area contributed by atoms with Crippen molar-refractivity contribution >= 4 is 17.3 Å². The lowest BCUT2D eigenvalue weighted by molar-refractivity contribution is 0.373. The molecule has 0 aliphatic heterocycles. The third-order valence-electron chi connectivity index (χ3n) is 3.49. The third kappa shape index (κ3) is 3.15. The van der Waals surface area contributed by atoms with Crippen molar-refractivity contribution in [1.29, 1.82) is 0 Å². The van der Waals surface area contributed by atoms with Gasteiger partial charge in [-0.15, -0.1) is 0 Å². The molecule has 0 saturated heterocycles. The van der Waals surface area contributed by atoms with Crippen molar-refractivity contribution in [3.8, 4) is 0 Å². The zero-order valence-electron chi connectivity index (χ0n) is 9.93. The molecule has 1 nitrogen and oxygen atoms in total. The zero-order chi connectivity index (χ0) is 11.4. The summed E-state index contributed by atoms with van der Waals surface area (Å²) in [5.74, 6) is 0.865. The number of benzene rings is 1. The van der Waals surface area contributed by atoms with Gasteiger partial charge in [-0.25, -0.2) is 0 Å². The van der Waals surface area contributed by atoms with Gasteiger partial charge in [0.25, 0.3) is 0 Å². The zero-order valence-corrected chi connectivity index (χ0v) is 10.7. The van der Waals surface area contributed by atoms with E-state index in [1.807, 2.05) is 12.1 Å². The Labute approximate surface area is 103 Å². The summed E-state index contributed by atoms with van der Waals surface area (Å²) in [6, 6.07) is 6.06. The molecule has 0 atom stereocenters. The minimum Gasteiger partial charge on any atom is -0.385 e. The van der Waals surface area contributed by atoms with Crippen LogP contribution in [0.25, 0.3) is 0 Å². The summed E-state index contributed by atoms with van der Waals surface area (Å²) >= 11 is 5.94. The van der Waals surface area contributed by atoms with Crippen LogP contribution in [0.2, 0.25) is 5.02 Å². The van der Waals surface area contributed by atoms with E-state index in [-0.39, 0.29) is 0 Å². The first-order chi connectivity index (χ1) is 7.75. The van der Waals surface area contributed by atoms with Crippen LogP contribution in [0, 0.1) is 12.8 Å². The normalized spacial score (nSPS) is 17.4. The lowest BCUT2D eigenvalue weighted by atomic mass is 9.89. The van der Waals surface area contributed by atoms with Gasteiger partial charge < -0.3 is 5.32 Å². The van der Waals surface area contributed by atoms with E-state index in [1.165, 1.54) is 43.4 Å². The largest absolute Gasteiger partial charge is 0.385 e. The molecule has 1 aliphatic carbocycles. The first-order valence-electron chi connectivity index (χ1n) is 6.26. The highest BCUT2D eigenvalue weighted by atomic mass is 35.5. The molecule has 0 heterocycles. The lowest BCUT2D eigenvalue weighted by Gasteiger charge is -2.22. The second-order valence-corrected chi connectivity index (χ2v) is 5.28. The molecular weight excluding hydrogens is 218 g/mol. The summed E-state index contributed by atoms with van der Waals surface area (Å²) < 4.78 is 0. The van der Waals surface area contributed by atoms with E-state index in [1.54, 1.807) is 0 Å². The van der Waals surface area contributed by atoms with E-state index in [9.17, 15) is 0 Å². The van der Waals surface area contributed by atoms with Gasteiger partial charge in [0.15, 0.2) is 0 Å². The number of hydrogen-bond acceptors (Lipinski definition) is 1. The standard InChI is InChI=1S/C14H20ClN/c1-11-9-13(15)7-8-14(11)16-10-12-5-3-2-4-6-12/h7-9,12,16H,2-6,10H2,1H3. The van der Waals surface area contributed by atoms with E-state index in [4.69, 9.17) is 11.6 Å². The number of hydrogen-bond donors (Lipinski definition) is 1. The molecule has 2 rings (SSSR count). The van der Waals surface area contributed by atoms with Crippen molar-refractivity contribution in [2.75, 3.05) is 11.9 Å². The summed E-state index contributed by atoms with van der Waals surface area (Å²) in [5, 5.41) is 4.37. The van der Waals surface area contributed by atoms with Crippen LogP contribution in [-0.2, 0) is 0 Å². The van der Waals surface area contributed by atoms with Gasteiger partial charge in [0.05, 0.1) is 0 Å². The van der Waals surface area contributed by atoms with Crippen LogP contribution < -0.4 is 5.32 Å². The highest BCUT2D eigenvalue weighted by Crippen LogP contribution is 2.25. The van der Waals surface area contributed by atoms with Crippen molar-refractivity contribution in [3.05, 3.63) is 28.8 Å². The topological polar surface area (TPSA) is 12.0 Å². The maximum absolute atomic E-state index is 5.94. The molecular formula is C14H20ClN. The van der Waals surface area contributed by atoms with Crippen LogP contribution in [0.1, 0.15) is 37.7 Å². The minimum absolute atomic E-state index is 0.820. The maximum atomic E-state index is 5.94. The fourth-order valence-corrected chi connectivity index (χ4v) is 2.70. The van der Waals surface area contributed by atoms with E-state index in [0.717, 1.165) is 17.5 Å². The monoisotopic (exact) mass is 237 g/mol. The first-order valence-corrected chi connectivity index (χ1v) is 6.63. The molecule has 0 amide bonds. The fraction of sp³-hybridized carbons (Fsp3) is 0.571. The number of halogens is 1. The minimum atomic E-state index is 0.820. The van der Waals surface area contributed by atoms with Crippen molar-refractivity contribution in [3.63, 3.8) is 0 Å². The molecule has 0 radical (unpaired) electrons. The van der Waals surface area contributed by atoms with Gasteiger partial charge in [-0.1, -0.05) is 30.9 Å². The average molecular weight is 238 g/mol. The molecule has 0 bridgehead atoms. The highest BCUT2D eigenvalue weighted by molar-refractivity contribution is 6.30. The number of aryl methyl sites for hydroxylation is 1. The van der Waals surface area contributed by atoms with Crippen LogP contribution in [-0.4, -0.2) is 6.54 Å². The Morgan fingerprint density at radius 3 is 2.69 bits per heavy atom. The molecule has 88 valence electrons. The van der Waals surface area contributed by atoms with Gasteiger partial charge in [-0.2, -0.15) is 0 Å². The molecule has 16 heavy (non-hydrogen) atoms. The van der Waals surface area contributed by atoms with E-state index in [2.05, 4.69) is 18.3 Å². The van der Waals surface area contributed by atoms with Crippen LogP contribution in [0.5, 0.6) is 0 Å². The van der Waals surface area contributed by atoms with Crippen LogP contribution in [0.15, 0.2) is 18.2 Å². The molecule has 1 aromatic carbocycles. The van der Waals surface area contributed by atoms with E-state index in [0.29, 0.717) is 0 Å². The summed E-state index contributed by atoms with van der Waals surface area (Å²) in [6.07, 6.45) is 7.02. The Morgan fingerprint density at radius 1 is 1.25 bits per heavy atom. The Balaban J connectivity index is 1.88. The van der Waals surface area contributed by atoms with Crippen LogP contribution >= 0.6 is 11.6 Å². The van der Waals surface area contributed by atoms with Gasteiger partial charge in [-0.05, 0) is 49.4 Å².